The van der Waals surface area contributed by atoms with Crippen LogP contribution < -0.4 is 21.4 Å². The van der Waals surface area contributed by atoms with Crippen LogP contribution in [0.15, 0.2) is 59.4 Å². The third-order valence-corrected chi connectivity index (χ3v) is 3.25. The van der Waals surface area contributed by atoms with Crippen LogP contribution >= 0.6 is 0 Å². The average molecular weight is 293 g/mol. The van der Waals surface area contributed by atoms with Crippen molar-refractivity contribution >= 4 is 18.5 Å². The van der Waals surface area contributed by atoms with Gasteiger partial charge in [-0.05, 0) is 24.3 Å². The molecule has 1 heterocycles. The molecule has 0 saturated carbocycles. The number of aromatic nitrogens is 2. The molecule has 0 unspecified atom stereocenters. The minimum atomic E-state index is -0.191. The maximum absolute atomic E-state index is 12.4. The van der Waals surface area contributed by atoms with Crippen LogP contribution in [0.25, 0.3) is 18.5 Å². The van der Waals surface area contributed by atoms with Crippen molar-refractivity contribution in [2.24, 2.45) is 0 Å². The Morgan fingerprint density at radius 2 is 1.91 bits per heavy atom. The Morgan fingerprint density at radius 1 is 1.14 bits per heavy atom. The van der Waals surface area contributed by atoms with Gasteiger partial charge in [-0.3, -0.25) is 9.89 Å². The molecule has 0 aliphatic rings. The second kappa shape index (κ2) is 5.65. The number of aromatic amines is 1. The highest BCUT2D eigenvalue weighted by Gasteiger charge is 2.03. The van der Waals surface area contributed by atoms with Crippen LogP contribution in [0, 0.1) is 0 Å². The van der Waals surface area contributed by atoms with Crippen LogP contribution in [-0.4, -0.2) is 14.9 Å². The Kier molecular flexibility index (Phi) is 3.53. The topological polar surface area (TPSA) is 70.0 Å². The highest BCUT2D eigenvalue weighted by atomic mass is 16.3. The van der Waals surface area contributed by atoms with Gasteiger partial charge in [0, 0.05) is 18.0 Å². The summed E-state index contributed by atoms with van der Waals surface area (Å²) in [5.74, 6) is 0.156. The van der Waals surface area contributed by atoms with Gasteiger partial charge in [0.1, 0.15) is 5.75 Å². The molecular formula is C17H15N3O2. The van der Waals surface area contributed by atoms with Crippen molar-refractivity contribution in [1.29, 1.82) is 0 Å². The summed E-state index contributed by atoms with van der Waals surface area (Å²) in [7, 11) is 0. The summed E-state index contributed by atoms with van der Waals surface area (Å²) in [6, 6.07) is 15.9. The number of para-hydroxylation sites is 1. The Hall–Kier alpha value is -3.21. The van der Waals surface area contributed by atoms with Gasteiger partial charge in [-0.2, -0.15) is 0 Å². The van der Waals surface area contributed by atoms with E-state index in [1.54, 1.807) is 30.5 Å². The second-order valence-corrected chi connectivity index (χ2v) is 4.82. The van der Waals surface area contributed by atoms with Crippen molar-refractivity contribution in [3.05, 3.63) is 75.5 Å². The fourth-order valence-electron chi connectivity index (χ4n) is 2.15. The van der Waals surface area contributed by atoms with Gasteiger partial charge in [-0.25, -0.2) is 4.68 Å². The minimum absolute atomic E-state index is 0.156. The van der Waals surface area contributed by atoms with E-state index in [1.165, 1.54) is 4.68 Å². The number of hydrogen-bond acceptors (Lipinski definition) is 3. The standard InChI is InChI=1S/C17H15N3O2/c1-12-16(11-18-13-6-5-9-15(21)10-13)17(22)20(19-12)14-7-3-2-4-8-14/h2-11,18-19,21H,1H2/b16-11-. The van der Waals surface area contributed by atoms with Gasteiger partial charge in [0.15, 0.2) is 0 Å². The molecule has 0 aliphatic heterocycles. The highest BCUT2D eigenvalue weighted by Crippen LogP contribution is 2.14. The van der Waals surface area contributed by atoms with Gasteiger partial charge in [0.2, 0.25) is 0 Å². The third-order valence-electron chi connectivity index (χ3n) is 3.25. The molecule has 0 spiro atoms. The van der Waals surface area contributed by atoms with E-state index in [9.17, 15) is 9.90 Å². The van der Waals surface area contributed by atoms with Crippen molar-refractivity contribution in [2.45, 2.75) is 0 Å². The van der Waals surface area contributed by atoms with Gasteiger partial charge >= 0.3 is 0 Å². The van der Waals surface area contributed by atoms with Crippen molar-refractivity contribution in [2.75, 3.05) is 5.32 Å². The molecule has 3 aromatic rings. The van der Waals surface area contributed by atoms with Crippen molar-refractivity contribution in [3.8, 4) is 11.4 Å². The van der Waals surface area contributed by atoms with E-state index in [4.69, 9.17) is 0 Å². The van der Waals surface area contributed by atoms with Crippen LogP contribution in [-0.2, 0) is 0 Å². The first-order valence-electron chi connectivity index (χ1n) is 6.76. The molecule has 0 fully saturated rings. The maximum atomic E-state index is 12.4. The number of nitrogens with zero attached hydrogens (tertiary/aromatic N) is 1. The molecule has 110 valence electrons. The number of hydrogen-bond donors (Lipinski definition) is 3. The number of H-pyrrole nitrogens is 1. The fourth-order valence-corrected chi connectivity index (χ4v) is 2.15. The summed E-state index contributed by atoms with van der Waals surface area (Å²) < 4.78 is 1.44. The predicted octanol–water partition coefficient (Wildman–Crippen LogP) is 1.13. The molecular weight excluding hydrogens is 278 g/mol. The number of anilines is 1. The first kappa shape index (κ1) is 13.8. The molecule has 1 aromatic heterocycles. The lowest BCUT2D eigenvalue weighted by molar-refractivity contribution is 0.475. The number of aromatic hydroxyl groups is 1. The number of phenolic OH excluding ortho intramolecular Hbond substituents is 1. The van der Waals surface area contributed by atoms with E-state index in [1.807, 2.05) is 30.3 Å². The summed E-state index contributed by atoms with van der Waals surface area (Å²) in [6.45, 7) is 3.86. The number of nitrogens with one attached hydrogen (secondary N) is 2. The Labute approximate surface area is 126 Å². The molecule has 0 atom stereocenters. The normalized spacial score (nSPS) is 11.5. The summed E-state index contributed by atoms with van der Waals surface area (Å²) >= 11 is 0. The second-order valence-electron chi connectivity index (χ2n) is 4.82. The molecule has 2 aromatic carbocycles. The van der Waals surface area contributed by atoms with Crippen molar-refractivity contribution < 1.29 is 5.11 Å². The zero-order valence-corrected chi connectivity index (χ0v) is 11.8. The molecule has 0 amide bonds. The fraction of sp³-hybridized carbons (Fsp3) is 0. The molecule has 5 nitrogen and oxygen atoms in total. The molecule has 3 rings (SSSR count). The monoisotopic (exact) mass is 293 g/mol. The van der Waals surface area contributed by atoms with E-state index in [0.29, 0.717) is 16.3 Å². The van der Waals surface area contributed by atoms with Crippen LogP contribution in [0.2, 0.25) is 0 Å². The van der Waals surface area contributed by atoms with Crippen LogP contribution in [0.1, 0.15) is 0 Å². The van der Waals surface area contributed by atoms with Gasteiger partial charge in [-0.15, -0.1) is 0 Å². The summed E-state index contributed by atoms with van der Waals surface area (Å²) in [4.78, 5) is 12.4. The van der Waals surface area contributed by atoms with Gasteiger partial charge in [0.25, 0.3) is 5.56 Å². The van der Waals surface area contributed by atoms with Crippen molar-refractivity contribution in [1.82, 2.24) is 9.78 Å². The van der Waals surface area contributed by atoms with Crippen LogP contribution in [0.5, 0.6) is 5.75 Å². The van der Waals surface area contributed by atoms with Gasteiger partial charge in [-0.1, -0.05) is 30.8 Å². The molecule has 5 heteroatoms. The molecule has 0 aliphatic carbocycles. The smallest absolute Gasteiger partial charge is 0.280 e. The van der Waals surface area contributed by atoms with Crippen LogP contribution in [0.3, 0.4) is 0 Å². The Morgan fingerprint density at radius 3 is 2.64 bits per heavy atom. The Balaban J connectivity index is 2.02. The van der Waals surface area contributed by atoms with E-state index < -0.39 is 0 Å². The average Bonchev–Trinajstić information content (AvgIpc) is 2.81. The quantitative estimate of drug-likeness (QED) is 0.678. The first-order chi connectivity index (χ1) is 10.6. The molecule has 0 saturated heterocycles. The minimum Gasteiger partial charge on any atom is -0.508 e. The maximum Gasteiger partial charge on any atom is 0.280 e. The predicted molar refractivity (Wildman–Crippen MR) is 87.4 cm³/mol. The zero-order valence-electron chi connectivity index (χ0n) is 11.8. The number of rotatable bonds is 3. The lowest BCUT2D eigenvalue weighted by Gasteiger charge is -2.00. The lowest BCUT2D eigenvalue weighted by atomic mass is 10.3. The molecule has 22 heavy (non-hydrogen) atoms. The first-order valence-corrected chi connectivity index (χ1v) is 6.76. The van der Waals surface area contributed by atoms with E-state index in [-0.39, 0.29) is 11.3 Å². The molecule has 0 radical (unpaired) electrons. The zero-order chi connectivity index (χ0) is 15.5. The van der Waals surface area contributed by atoms with Gasteiger partial charge < -0.3 is 10.4 Å². The van der Waals surface area contributed by atoms with Gasteiger partial charge in [0.05, 0.1) is 16.3 Å². The van der Waals surface area contributed by atoms with E-state index in [2.05, 4.69) is 17.0 Å². The SMILES string of the molecule is C=c1[nH]n(-c2ccccc2)c(=O)/c1=C\Nc1cccc(O)c1. The third kappa shape index (κ3) is 2.64. The largest absolute Gasteiger partial charge is 0.508 e. The van der Waals surface area contributed by atoms with E-state index >= 15 is 0 Å². The summed E-state index contributed by atoms with van der Waals surface area (Å²) in [6.07, 6.45) is 1.58. The van der Waals surface area contributed by atoms with Crippen molar-refractivity contribution in [3.63, 3.8) is 0 Å². The molecule has 3 N–H and O–H groups in total. The number of benzene rings is 2. The molecule has 0 bridgehead atoms. The number of phenols is 1. The summed E-state index contributed by atoms with van der Waals surface area (Å²) in [5, 5.41) is 16.3. The summed E-state index contributed by atoms with van der Waals surface area (Å²) in [5.41, 5.74) is 1.24. The lowest BCUT2D eigenvalue weighted by Crippen LogP contribution is -2.34. The Bertz CT molecular complexity index is 956. The van der Waals surface area contributed by atoms with Crippen LogP contribution in [0.4, 0.5) is 5.69 Å². The van der Waals surface area contributed by atoms with E-state index in [0.717, 1.165) is 5.69 Å². The highest BCUT2D eigenvalue weighted by molar-refractivity contribution is 5.56.